The van der Waals surface area contributed by atoms with Crippen LogP contribution in [0.3, 0.4) is 0 Å². The third kappa shape index (κ3) is 13.3. The summed E-state index contributed by atoms with van der Waals surface area (Å²) in [6.07, 6.45) is 15.2. The minimum absolute atomic E-state index is 0.256. The van der Waals surface area contributed by atoms with Crippen LogP contribution in [-0.2, 0) is 0 Å². The van der Waals surface area contributed by atoms with Gasteiger partial charge in [-0.15, -0.1) is 68.0 Å². The minimum Gasteiger partial charge on any atom is -0.311 e. The summed E-state index contributed by atoms with van der Waals surface area (Å²) in [6.45, 7) is 6.59. The Bertz CT molecular complexity index is 2870. The fraction of sp³-hybridized carbons (Fsp3) is 0.286. The molecule has 6 aromatic heterocycles. The van der Waals surface area contributed by atoms with Crippen LogP contribution in [0.1, 0.15) is 146 Å². The van der Waals surface area contributed by atoms with E-state index < -0.39 is 0 Å². The SMILES string of the molecule is CCCCCCC(=O)c1ccc(-c2ccc(-c3ccc(N(c4ccc(-c5ccc(-c6ccc(C(=O)CCCCCC)s6)s5)cc4)c4ccc(-c5ccc(-c6ccc(C(=O)CCCCCC)s6)s5)cc4)cc3)s2)s1. The van der Waals surface area contributed by atoms with Crippen LogP contribution in [0.5, 0.6) is 0 Å². The maximum absolute atomic E-state index is 12.9. The Kier molecular flexibility index (Phi) is 18.5. The minimum atomic E-state index is 0.256. The first-order valence-corrected chi connectivity index (χ1v) is 31.0. The molecule has 9 rings (SSSR count). The van der Waals surface area contributed by atoms with Gasteiger partial charge in [0.05, 0.1) is 14.6 Å². The van der Waals surface area contributed by atoms with E-state index in [1.54, 1.807) is 68.0 Å². The number of rotatable bonds is 27. The van der Waals surface area contributed by atoms with E-state index in [1.165, 1.54) is 67.8 Å². The zero-order valence-electron chi connectivity index (χ0n) is 42.1. The van der Waals surface area contributed by atoms with Gasteiger partial charge in [-0.25, -0.2) is 0 Å². The van der Waals surface area contributed by atoms with Gasteiger partial charge in [0.2, 0.25) is 0 Å². The third-order valence-electron chi connectivity index (χ3n) is 13.2. The molecule has 73 heavy (non-hydrogen) atoms. The summed E-state index contributed by atoms with van der Waals surface area (Å²) in [4.78, 5) is 54.2. The van der Waals surface area contributed by atoms with Gasteiger partial charge in [0.25, 0.3) is 0 Å². The molecule has 0 aliphatic rings. The van der Waals surface area contributed by atoms with E-state index in [0.717, 1.165) is 102 Å². The number of benzene rings is 3. The fourth-order valence-corrected chi connectivity index (χ4v) is 15.2. The quantitative estimate of drug-likeness (QED) is 0.0380. The van der Waals surface area contributed by atoms with E-state index in [0.29, 0.717) is 19.3 Å². The lowest BCUT2D eigenvalue weighted by molar-refractivity contribution is 0.0975. The molecule has 0 saturated heterocycles. The average molecular weight is 1070 g/mol. The molecular weight excluding hydrogens is 1010 g/mol. The molecule has 0 radical (unpaired) electrons. The molecule has 0 aliphatic heterocycles. The van der Waals surface area contributed by atoms with Gasteiger partial charge in [-0.2, -0.15) is 0 Å². The third-order valence-corrected chi connectivity index (χ3v) is 20.6. The number of anilines is 3. The molecule has 0 saturated carbocycles. The molecule has 4 nitrogen and oxygen atoms in total. The number of unbranched alkanes of at least 4 members (excludes halogenated alkanes) is 9. The number of Topliss-reactive ketones (excluding diaryl/α,β-unsaturated/α-hetero) is 3. The maximum Gasteiger partial charge on any atom is 0.172 e. The highest BCUT2D eigenvalue weighted by Gasteiger charge is 2.19. The van der Waals surface area contributed by atoms with Gasteiger partial charge in [-0.05, 0) is 145 Å². The lowest BCUT2D eigenvalue weighted by Gasteiger charge is -2.26. The van der Waals surface area contributed by atoms with Gasteiger partial charge >= 0.3 is 0 Å². The Morgan fingerprint density at radius 2 is 0.534 bits per heavy atom. The molecule has 0 fully saturated rings. The summed E-state index contributed by atoms with van der Waals surface area (Å²) in [5, 5.41) is 0. The Labute approximate surface area is 456 Å². The second-order valence-electron chi connectivity index (χ2n) is 18.7. The molecule has 10 heteroatoms. The standard InChI is InChI=1S/C63H63NO3S6/c1-4-7-10-13-16-49(65)55-34-40-61(71-55)58-37-31-52(68-58)43-19-25-46(26-20-43)64(47-27-21-44(22-28-47)53-32-38-59(69-53)62-41-35-56(72-62)50(66)17-14-11-8-5-2)48-29-23-45(24-30-48)54-33-39-60(70-54)63-42-36-57(73-63)51(67)18-15-12-9-6-3/h19-42H,4-18H2,1-3H3. The summed E-state index contributed by atoms with van der Waals surface area (Å²) in [6, 6.07) is 52.0. The molecule has 0 spiro atoms. The molecule has 0 N–H and O–H groups in total. The predicted octanol–water partition coefficient (Wildman–Crippen LogP) is 22.0. The van der Waals surface area contributed by atoms with Crippen LogP contribution < -0.4 is 4.90 Å². The van der Waals surface area contributed by atoms with Crippen molar-refractivity contribution in [2.75, 3.05) is 4.90 Å². The van der Waals surface area contributed by atoms with Crippen LogP contribution in [0, 0.1) is 0 Å². The molecule has 0 amide bonds. The van der Waals surface area contributed by atoms with Gasteiger partial charge in [-0.1, -0.05) is 115 Å². The second-order valence-corrected chi connectivity index (χ2v) is 25.2. The Hall–Kier alpha value is -5.33. The Morgan fingerprint density at radius 1 is 0.288 bits per heavy atom. The molecule has 3 aromatic carbocycles. The first-order valence-electron chi connectivity index (χ1n) is 26.1. The highest BCUT2D eigenvalue weighted by Crippen LogP contribution is 2.44. The maximum atomic E-state index is 12.9. The fourth-order valence-electron chi connectivity index (χ4n) is 9.02. The topological polar surface area (TPSA) is 54.5 Å². The first kappa shape index (κ1) is 52.5. The highest BCUT2D eigenvalue weighted by molar-refractivity contribution is 7.25. The zero-order chi connectivity index (χ0) is 50.5. The molecule has 374 valence electrons. The summed E-state index contributed by atoms with van der Waals surface area (Å²) in [5.74, 6) is 0.768. The zero-order valence-corrected chi connectivity index (χ0v) is 47.0. The first-order chi connectivity index (χ1) is 35.8. The summed E-state index contributed by atoms with van der Waals surface area (Å²) >= 11 is 10.1. The lowest BCUT2D eigenvalue weighted by atomic mass is 10.1. The molecule has 0 bridgehead atoms. The normalized spacial score (nSPS) is 11.4. The monoisotopic (exact) mass is 1070 g/mol. The van der Waals surface area contributed by atoms with Crippen molar-refractivity contribution in [1.82, 2.24) is 0 Å². The summed E-state index contributed by atoms with van der Waals surface area (Å²) < 4.78 is 0. The van der Waals surface area contributed by atoms with Crippen molar-refractivity contribution in [2.45, 2.75) is 117 Å². The van der Waals surface area contributed by atoms with E-state index >= 15 is 0 Å². The summed E-state index contributed by atoms with van der Waals surface area (Å²) in [7, 11) is 0. The molecule has 0 aliphatic carbocycles. The Morgan fingerprint density at radius 3 is 0.808 bits per heavy atom. The second kappa shape index (κ2) is 25.7. The highest BCUT2D eigenvalue weighted by atomic mass is 32.1. The number of hydrogen-bond acceptors (Lipinski definition) is 10. The largest absolute Gasteiger partial charge is 0.311 e. The van der Waals surface area contributed by atoms with E-state index in [9.17, 15) is 14.4 Å². The van der Waals surface area contributed by atoms with Crippen molar-refractivity contribution in [3.05, 3.63) is 160 Å². The number of carbonyl (C=O) groups excluding carboxylic acids is 3. The molecule has 0 atom stereocenters. The molecular formula is C63H63NO3S6. The van der Waals surface area contributed by atoms with Gasteiger partial charge in [0.15, 0.2) is 17.3 Å². The van der Waals surface area contributed by atoms with Gasteiger partial charge < -0.3 is 4.90 Å². The van der Waals surface area contributed by atoms with E-state index in [2.05, 4.69) is 153 Å². The smallest absolute Gasteiger partial charge is 0.172 e. The van der Waals surface area contributed by atoms with E-state index in [-0.39, 0.29) is 17.3 Å². The van der Waals surface area contributed by atoms with E-state index in [4.69, 9.17) is 0 Å². The number of thiophene rings is 6. The molecule has 0 unspecified atom stereocenters. The van der Waals surface area contributed by atoms with Crippen LogP contribution in [0.15, 0.2) is 146 Å². The van der Waals surface area contributed by atoms with Gasteiger partial charge in [0, 0.05) is 80.2 Å². The van der Waals surface area contributed by atoms with Gasteiger partial charge in [0.1, 0.15) is 0 Å². The molecule has 9 aromatic rings. The number of hydrogen-bond donors (Lipinski definition) is 0. The summed E-state index contributed by atoms with van der Waals surface area (Å²) in [5.41, 5.74) is 6.62. The van der Waals surface area contributed by atoms with Crippen LogP contribution in [-0.4, -0.2) is 17.3 Å². The molecule has 6 heterocycles. The van der Waals surface area contributed by atoms with Gasteiger partial charge in [-0.3, -0.25) is 14.4 Å². The van der Waals surface area contributed by atoms with Crippen molar-refractivity contribution in [2.24, 2.45) is 0 Å². The average Bonchev–Trinajstić information content (AvgIpc) is 4.29. The van der Waals surface area contributed by atoms with Crippen LogP contribution in [0.2, 0.25) is 0 Å². The van der Waals surface area contributed by atoms with Crippen molar-refractivity contribution in [1.29, 1.82) is 0 Å². The predicted molar refractivity (Wildman–Crippen MR) is 320 cm³/mol. The van der Waals surface area contributed by atoms with Crippen molar-refractivity contribution >= 4 is 102 Å². The van der Waals surface area contributed by atoms with Crippen LogP contribution >= 0.6 is 68.0 Å². The number of carbonyl (C=O) groups is 3. The van der Waals surface area contributed by atoms with E-state index in [1.807, 2.05) is 18.2 Å². The lowest BCUT2D eigenvalue weighted by Crippen LogP contribution is -2.09. The van der Waals surface area contributed by atoms with Crippen LogP contribution in [0.25, 0.3) is 60.6 Å². The van der Waals surface area contributed by atoms with Crippen LogP contribution in [0.4, 0.5) is 17.1 Å². The number of nitrogens with zero attached hydrogens (tertiary/aromatic N) is 1. The number of ketones is 3. The van der Waals surface area contributed by atoms with Crippen molar-refractivity contribution in [3.63, 3.8) is 0 Å². The Balaban J connectivity index is 0.942. The van der Waals surface area contributed by atoms with Crippen molar-refractivity contribution in [3.8, 4) is 60.6 Å². The van der Waals surface area contributed by atoms with Crippen molar-refractivity contribution < 1.29 is 14.4 Å².